The van der Waals surface area contributed by atoms with E-state index in [0.717, 1.165) is 43.1 Å². The third-order valence-electron chi connectivity index (χ3n) is 5.52. The topological polar surface area (TPSA) is 61.1 Å². The van der Waals surface area contributed by atoms with Crippen molar-refractivity contribution in [2.75, 3.05) is 27.4 Å². The Morgan fingerprint density at radius 3 is 2.67 bits per heavy atom. The summed E-state index contributed by atoms with van der Waals surface area (Å²) in [7, 11) is 3.29. The zero-order chi connectivity index (χ0) is 20.9. The van der Waals surface area contributed by atoms with Crippen molar-refractivity contribution in [2.45, 2.75) is 32.0 Å². The molecule has 2 heterocycles. The zero-order valence-corrected chi connectivity index (χ0v) is 17.4. The standard InChI is InChI=1S/C24H27NO5/c1-27-19-10-9-17(23(12-19)28-2)13-25(15-20-6-5-11-29-20)14-18-16-30-22-8-4-3-7-21(22)24(18)26/h3-4,7-10,12,16,20H,5-6,11,13-15H2,1-2H3/t20-/m1/s1. The number of benzene rings is 2. The fourth-order valence-corrected chi connectivity index (χ4v) is 3.95. The normalized spacial score (nSPS) is 16.3. The predicted molar refractivity (Wildman–Crippen MR) is 115 cm³/mol. The van der Waals surface area contributed by atoms with E-state index in [4.69, 9.17) is 18.6 Å². The second-order valence-electron chi connectivity index (χ2n) is 7.57. The third-order valence-corrected chi connectivity index (χ3v) is 5.52. The summed E-state index contributed by atoms with van der Waals surface area (Å²) in [6, 6.07) is 13.1. The first kappa shape index (κ1) is 20.4. The lowest BCUT2D eigenvalue weighted by Gasteiger charge is -2.26. The molecule has 1 fully saturated rings. The average Bonchev–Trinajstić information content (AvgIpc) is 3.29. The van der Waals surface area contributed by atoms with Crippen molar-refractivity contribution in [2.24, 2.45) is 0 Å². The Morgan fingerprint density at radius 1 is 1.07 bits per heavy atom. The van der Waals surface area contributed by atoms with E-state index in [1.165, 1.54) is 0 Å². The van der Waals surface area contributed by atoms with Crippen LogP contribution < -0.4 is 14.9 Å². The molecule has 0 radical (unpaired) electrons. The highest BCUT2D eigenvalue weighted by molar-refractivity contribution is 5.76. The van der Waals surface area contributed by atoms with Gasteiger partial charge < -0.3 is 18.6 Å². The first-order valence-electron chi connectivity index (χ1n) is 10.2. The van der Waals surface area contributed by atoms with Gasteiger partial charge in [0.15, 0.2) is 5.43 Å². The van der Waals surface area contributed by atoms with Gasteiger partial charge in [0.25, 0.3) is 0 Å². The molecule has 0 amide bonds. The maximum absolute atomic E-state index is 13.0. The van der Waals surface area contributed by atoms with Gasteiger partial charge in [-0.1, -0.05) is 18.2 Å². The maximum atomic E-state index is 13.0. The third kappa shape index (κ3) is 4.50. The van der Waals surface area contributed by atoms with E-state index in [-0.39, 0.29) is 11.5 Å². The van der Waals surface area contributed by atoms with Crippen LogP contribution in [-0.2, 0) is 17.8 Å². The number of hydrogen-bond donors (Lipinski definition) is 0. The van der Waals surface area contributed by atoms with Gasteiger partial charge in [-0.2, -0.15) is 0 Å². The first-order chi connectivity index (χ1) is 14.7. The van der Waals surface area contributed by atoms with Crippen LogP contribution in [0.15, 0.2) is 57.9 Å². The molecule has 30 heavy (non-hydrogen) atoms. The van der Waals surface area contributed by atoms with E-state index < -0.39 is 0 Å². The van der Waals surface area contributed by atoms with E-state index in [9.17, 15) is 4.79 Å². The molecule has 2 aromatic carbocycles. The van der Waals surface area contributed by atoms with Crippen LogP contribution in [0.3, 0.4) is 0 Å². The first-order valence-corrected chi connectivity index (χ1v) is 10.2. The molecule has 1 aliphatic rings. The highest BCUT2D eigenvalue weighted by atomic mass is 16.5. The second kappa shape index (κ2) is 9.32. The molecule has 6 heteroatoms. The van der Waals surface area contributed by atoms with Crippen LogP contribution >= 0.6 is 0 Å². The van der Waals surface area contributed by atoms with Crippen LogP contribution in [0.4, 0.5) is 0 Å². The van der Waals surface area contributed by atoms with Gasteiger partial charge in [0.1, 0.15) is 17.1 Å². The minimum atomic E-state index is 0.0101. The summed E-state index contributed by atoms with van der Waals surface area (Å²) in [6.07, 6.45) is 3.85. The van der Waals surface area contributed by atoms with Gasteiger partial charge in [-0.05, 0) is 31.0 Å². The summed E-state index contributed by atoms with van der Waals surface area (Å²) < 4.78 is 22.5. The fraction of sp³-hybridized carbons (Fsp3) is 0.375. The number of methoxy groups -OCH3 is 2. The molecule has 0 unspecified atom stereocenters. The van der Waals surface area contributed by atoms with E-state index in [1.54, 1.807) is 20.5 Å². The lowest BCUT2D eigenvalue weighted by molar-refractivity contribution is 0.0673. The zero-order valence-electron chi connectivity index (χ0n) is 17.4. The van der Waals surface area contributed by atoms with Crippen molar-refractivity contribution in [3.05, 3.63) is 70.1 Å². The van der Waals surface area contributed by atoms with Gasteiger partial charge in [0.2, 0.25) is 0 Å². The summed E-state index contributed by atoms with van der Waals surface area (Å²) in [5.41, 5.74) is 2.28. The predicted octanol–water partition coefficient (Wildman–Crippen LogP) is 3.99. The van der Waals surface area contributed by atoms with Crippen LogP contribution in [0, 0.1) is 0 Å². The van der Waals surface area contributed by atoms with Crippen LogP contribution in [0.1, 0.15) is 24.0 Å². The molecule has 158 valence electrons. The number of ether oxygens (including phenoxy) is 3. The largest absolute Gasteiger partial charge is 0.497 e. The Kier molecular flexibility index (Phi) is 6.35. The molecule has 1 aliphatic heterocycles. The van der Waals surface area contributed by atoms with Crippen LogP contribution in [0.5, 0.6) is 11.5 Å². The second-order valence-corrected chi connectivity index (χ2v) is 7.57. The average molecular weight is 409 g/mol. The van der Waals surface area contributed by atoms with Crippen LogP contribution in [-0.4, -0.2) is 38.4 Å². The van der Waals surface area contributed by atoms with Gasteiger partial charge >= 0.3 is 0 Å². The summed E-state index contributed by atoms with van der Waals surface area (Å²) in [5.74, 6) is 1.51. The molecule has 4 rings (SSSR count). The van der Waals surface area contributed by atoms with E-state index in [1.807, 2.05) is 42.5 Å². The monoisotopic (exact) mass is 409 g/mol. The summed E-state index contributed by atoms with van der Waals surface area (Å²) in [6.45, 7) is 2.63. The summed E-state index contributed by atoms with van der Waals surface area (Å²) in [5, 5.41) is 0.606. The van der Waals surface area contributed by atoms with E-state index >= 15 is 0 Å². The molecule has 0 spiro atoms. The van der Waals surface area contributed by atoms with E-state index in [2.05, 4.69) is 4.90 Å². The Morgan fingerprint density at radius 2 is 1.90 bits per heavy atom. The molecule has 0 saturated carbocycles. The van der Waals surface area contributed by atoms with E-state index in [0.29, 0.717) is 29.6 Å². The summed E-state index contributed by atoms with van der Waals surface area (Å²) in [4.78, 5) is 15.2. The maximum Gasteiger partial charge on any atom is 0.197 e. The Balaban J connectivity index is 1.62. The van der Waals surface area contributed by atoms with Crippen molar-refractivity contribution in [1.82, 2.24) is 4.90 Å². The smallest absolute Gasteiger partial charge is 0.197 e. The number of para-hydroxylation sites is 1. The van der Waals surface area contributed by atoms with Gasteiger partial charge in [0.05, 0.1) is 32.0 Å². The van der Waals surface area contributed by atoms with Crippen LogP contribution in [0.25, 0.3) is 11.0 Å². The van der Waals surface area contributed by atoms with Crippen molar-refractivity contribution in [3.8, 4) is 11.5 Å². The highest BCUT2D eigenvalue weighted by Gasteiger charge is 2.22. The number of hydrogen-bond acceptors (Lipinski definition) is 6. The Labute approximate surface area is 176 Å². The van der Waals surface area contributed by atoms with Crippen molar-refractivity contribution >= 4 is 11.0 Å². The number of fused-ring (bicyclic) bond motifs is 1. The SMILES string of the molecule is COc1ccc(CN(Cc2coc3ccccc3c2=O)C[C@H]2CCCO2)c(OC)c1. The Hall–Kier alpha value is -2.83. The van der Waals surface area contributed by atoms with Gasteiger partial charge in [-0.15, -0.1) is 0 Å². The lowest BCUT2D eigenvalue weighted by atomic mass is 10.1. The number of rotatable bonds is 8. The molecule has 1 aromatic heterocycles. The van der Waals surface area contributed by atoms with Crippen molar-refractivity contribution in [1.29, 1.82) is 0 Å². The van der Waals surface area contributed by atoms with Crippen molar-refractivity contribution < 1.29 is 18.6 Å². The molecular weight excluding hydrogens is 382 g/mol. The molecule has 0 bridgehead atoms. The van der Waals surface area contributed by atoms with Crippen molar-refractivity contribution in [3.63, 3.8) is 0 Å². The molecule has 1 saturated heterocycles. The molecule has 0 aliphatic carbocycles. The molecule has 0 N–H and O–H groups in total. The fourth-order valence-electron chi connectivity index (χ4n) is 3.95. The summed E-state index contributed by atoms with van der Waals surface area (Å²) >= 11 is 0. The minimum Gasteiger partial charge on any atom is -0.497 e. The molecular formula is C24H27NO5. The highest BCUT2D eigenvalue weighted by Crippen LogP contribution is 2.27. The van der Waals surface area contributed by atoms with Gasteiger partial charge in [-0.25, -0.2) is 0 Å². The molecule has 1 atom stereocenters. The lowest BCUT2D eigenvalue weighted by Crippen LogP contribution is -2.33. The van der Waals surface area contributed by atoms with Gasteiger partial charge in [0, 0.05) is 43.4 Å². The number of nitrogens with zero attached hydrogens (tertiary/aromatic N) is 1. The molecule has 6 nitrogen and oxygen atoms in total. The minimum absolute atomic E-state index is 0.0101. The van der Waals surface area contributed by atoms with Crippen LogP contribution in [0.2, 0.25) is 0 Å². The molecule has 3 aromatic rings. The van der Waals surface area contributed by atoms with Gasteiger partial charge in [-0.3, -0.25) is 9.69 Å². The Bertz CT molecular complexity index is 1050. The quantitative estimate of drug-likeness (QED) is 0.561.